The second kappa shape index (κ2) is 8.74. The summed E-state index contributed by atoms with van der Waals surface area (Å²) >= 11 is 5.64. The average molecular weight is 422 g/mol. The average Bonchev–Trinajstić information content (AvgIpc) is 3.17. The zero-order valence-electron chi connectivity index (χ0n) is 15.6. The molecule has 1 N–H and O–H groups in total. The molecule has 3 rings (SSSR count). The predicted octanol–water partition coefficient (Wildman–Crippen LogP) is 7.21. The molecule has 0 unspecified atom stereocenters. The number of carbonyl (C=O) groups is 1. The summed E-state index contributed by atoms with van der Waals surface area (Å²) in [5.41, 5.74) is 1.02. The van der Waals surface area contributed by atoms with E-state index in [1.54, 1.807) is 0 Å². The lowest BCUT2D eigenvalue weighted by Gasteiger charge is -2.10. The van der Waals surface area contributed by atoms with Crippen LogP contribution in [0.4, 0.5) is 18.9 Å². The van der Waals surface area contributed by atoms with E-state index in [9.17, 15) is 18.0 Å². The molecule has 7 heteroatoms. The van der Waals surface area contributed by atoms with E-state index < -0.39 is 22.7 Å². The van der Waals surface area contributed by atoms with Gasteiger partial charge >= 0.3 is 6.18 Å². The van der Waals surface area contributed by atoms with E-state index in [1.807, 2.05) is 24.3 Å². The number of unbranched alkanes of at least 4 members (excludes halogenated alkanes) is 1. The molecule has 152 valence electrons. The molecule has 0 radical (unpaired) electrons. The summed E-state index contributed by atoms with van der Waals surface area (Å²) in [6, 6.07) is 13.8. The van der Waals surface area contributed by atoms with Crippen LogP contribution in [-0.2, 0) is 12.6 Å². The van der Waals surface area contributed by atoms with Gasteiger partial charge in [0.2, 0.25) is 0 Å². The Hall–Kier alpha value is -2.73. The second-order valence-corrected chi connectivity index (χ2v) is 7.02. The minimum Gasteiger partial charge on any atom is -0.451 e. The van der Waals surface area contributed by atoms with E-state index in [0.29, 0.717) is 5.69 Å². The number of carbonyl (C=O) groups excluding carboxylic acids is 1. The van der Waals surface area contributed by atoms with Crippen molar-refractivity contribution in [3.8, 4) is 11.3 Å². The van der Waals surface area contributed by atoms with Crippen molar-refractivity contribution >= 4 is 23.2 Å². The highest BCUT2D eigenvalue weighted by atomic mass is 35.5. The summed E-state index contributed by atoms with van der Waals surface area (Å²) in [6.07, 6.45) is -1.39. The highest BCUT2D eigenvalue weighted by molar-refractivity contribution is 6.31. The Morgan fingerprint density at radius 2 is 1.79 bits per heavy atom. The van der Waals surface area contributed by atoms with Gasteiger partial charge in [0, 0.05) is 11.3 Å². The van der Waals surface area contributed by atoms with Crippen molar-refractivity contribution < 1.29 is 22.4 Å². The van der Waals surface area contributed by atoms with Crippen molar-refractivity contribution in [1.82, 2.24) is 0 Å². The van der Waals surface area contributed by atoms with E-state index in [1.165, 1.54) is 23.8 Å². The maximum absolute atomic E-state index is 13.0. The number of nitrogens with one attached hydrogen (secondary N) is 1. The Bertz CT molecular complexity index is 994. The molecule has 0 aliphatic rings. The first-order valence-electron chi connectivity index (χ1n) is 9.15. The number of amides is 1. The fraction of sp³-hybridized carbons (Fsp3) is 0.227. The number of anilines is 1. The summed E-state index contributed by atoms with van der Waals surface area (Å²) in [4.78, 5) is 12.4. The molecule has 1 heterocycles. The molecule has 0 spiro atoms. The monoisotopic (exact) mass is 421 g/mol. The first-order chi connectivity index (χ1) is 13.8. The summed E-state index contributed by atoms with van der Waals surface area (Å²) in [5, 5.41) is 2.32. The van der Waals surface area contributed by atoms with Gasteiger partial charge in [0.25, 0.3) is 5.91 Å². The van der Waals surface area contributed by atoms with Crippen molar-refractivity contribution in [3.63, 3.8) is 0 Å². The smallest absolute Gasteiger partial charge is 0.417 e. The molecule has 2 aromatic carbocycles. The van der Waals surface area contributed by atoms with Crippen LogP contribution in [0.15, 0.2) is 59.0 Å². The zero-order valence-corrected chi connectivity index (χ0v) is 16.4. The molecule has 0 saturated carbocycles. The highest BCUT2D eigenvalue weighted by Gasteiger charge is 2.33. The molecule has 0 saturated heterocycles. The van der Waals surface area contributed by atoms with E-state index >= 15 is 0 Å². The summed E-state index contributed by atoms with van der Waals surface area (Å²) in [6.45, 7) is 2.13. The fourth-order valence-electron chi connectivity index (χ4n) is 2.84. The third kappa shape index (κ3) is 5.21. The minimum atomic E-state index is -4.58. The lowest BCUT2D eigenvalue weighted by molar-refractivity contribution is -0.137. The van der Waals surface area contributed by atoms with Gasteiger partial charge in [-0.1, -0.05) is 37.1 Å². The fourth-order valence-corrected chi connectivity index (χ4v) is 3.06. The van der Waals surface area contributed by atoms with Gasteiger partial charge < -0.3 is 9.73 Å². The number of furan rings is 1. The van der Waals surface area contributed by atoms with Crippen molar-refractivity contribution in [2.75, 3.05) is 5.32 Å². The van der Waals surface area contributed by atoms with Crippen LogP contribution in [0.2, 0.25) is 5.02 Å². The molecule has 3 nitrogen and oxygen atoms in total. The van der Waals surface area contributed by atoms with Crippen LogP contribution in [0.25, 0.3) is 11.3 Å². The summed E-state index contributed by atoms with van der Waals surface area (Å²) < 4.78 is 44.6. The van der Waals surface area contributed by atoms with E-state index in [4.69, 9.17) is 16.0 Å². The van der Waals surface area contributed by atoms with Gasteiger partial charge in [-0.2, -0.15) is 13.2 Å². The van der Waals surface area contributed by atoms with Gasteiger partial charge in [0.15, 0.2) is 5.76 Å². The van der Waals surface area contributed by atoms with Gasteiger partial charge in [0.05, 0.1) is 10.6 Å². The van der Waals surface area contributed by atoms with Crippen molar-refractivity contribution in [1.29, 1.82) is 0 Å². The van der Waals surface area contributed by atoms with Crippen LogP contribution in [0.5, 0.6) is 0 Å². The molecule has 0 aliphatic heterocycles. The third-order valence-corrected chi connectivity index (χ3v) is 4.75. The van der Waals surface area contributed by atoms with Crippen LogP contribution in [0.1, 0.15) is 41.4 Å². The van der Waals surface area contributed by atoms with Gasteiger partial charge in [-0.15, -0.1) is 0 Å². The van der Waals surface area contributed by atoms with E-state index in [-0.39, 0.29) is 17.1 Å². The number of alkyl halides is 3. The first-order valence-corrected chi connectivity index (χ1v) is 9.53. The number of halogens is 4. The molecular weight excluding hydrogens is 403 g/mol. The van der Waals surface area contributed by atoms with Gasteiger partial charge in [0.1, 0.15) is 5.76 Å². The van der Waals surface area contributed by atoms with Crippen LogP contribution in [-0.4, -0.2) is 5.91 Å². The standard InChI is InChI=1S/C22H19ClF3NO2/c1-2-3-4-14-5-8-16(9-6-14)27-21(28)20-12-11-19(29-20)15-7-10-18(23)17(13-15)22(24,25)26/h5-13H,2-4H2,1H3,(H,27,28). The van der Waals surface area contributed by atoms with E-state index in [2.05, 4.69) is 12.2 Å². The number of benzene rings is 2. The lowest BCUT2D eigenvalue weighted by Crippen LogP contribution is -2.10. The molecule has 0 aliphatic carbocycles. The lowest BCUT2D eigenvalue weighted by atomic mass is 10.1. The Kier molecular flexibility index (Phi) is 6.33. The number of aryl methyl sites for hydroxylation is 1. The van der Waals surface area contributed by atoms with Crippen LogP contribution >= 0.6 is 11.6 Å². The molecule has 3 aromatic rings. The van der Waals surface area contributed by atoms with Gasteiger partial charge in [-0.25, -0.2) is 0 Å². The first kappa shape index (κ1) is 21.0. The third-order valence-electron chi connectivity index (χ3n) is 4.42. The number of hydrogen-bond donors (Lipinski definition) is 1. The van der Waals surface area contributed by atoms with Crippen LogP contribution in [0.3, 0.4) is 0 Å². The maximum atomic E-state index is 13.0. The quantitative estimate of drug-likeness (QED) is 0.456. The summed E-state index contributed by atoms with van der Waals surface area (Å²) in [7, 11) is 0. The Labute approximate surface area is 171 Å². The van der Waals surface area contributed by atoms with Crippen LogP contribution in [0, 0.1) is 0 Å². The van der Waals surface area contributed by atoms with Gasteiger partial charge in [-0.3, -0.25) is 4.79 Å². The molecule has 1 aromatic heterocycles. The highest BCUT2D eigenvalue weighted by Crippen LogP contribution is 2.37. The SMILES string of the molecule is CCCCc1ccc(NC(=O)c2ccc(-c3ccc(Cl)c(C(F)(F)F)c3)o2)cc1. The van der Waals surface area contributed by atoms with E-state index in [0.717, 1.165) is 31.4 Å². The molecule has 0 fully saturated rings. The van der Waals surface area contributed by atoms with Crippen LogP contribution < -0.4 is 5.32 Å². The molecule has 0 bridgehead atoms. The predicted molar refractivity (Wildman–Crippen MR) is 107 cm³/mol. The Balaban J connectivity index is 1.73. The molecule has 29 heavy (non-hydrogen) atoms. The van der Waals surface area contributed by atoms with Crippen molar-refractivity contribution in [2.24, 2.45) is 0 Å². The topological polar surface area (TPSA) is 42.2 Å². The summed E-state index contributed by atoms with van der Waals surface area (Å²) in [5.74, 6) is -0.339. The minimum absolute atomic E-state index is 0.00133. The molecule has 1 amide bonds. The maximum Gasteiger partial charge on any atom is 0.417 e. The Morgan fingerprint density at radius 3 is 2.45 bits per heavy atom. The van der Waals surface area contributed by atoms with Crippen molar-refractivity contribution in [2.45, 2.75) is 32.4 Å². The second-order valence-electron chi connectivity index (χ2n) is 6.61. The van der Waals surface area contributed by atoms with Gasteiger partial charge in [-0.05, 0) is 60.9 Å². The molecule has 0 atom stereocenters. The molecular formula is C22H19ClF3NO2. The number of rotatable bonds is 6. The Morgan fingerprint density at radius 1 is 1.07 bits per heavy atom. The normalized spacial score (nSPS) is 11.5. The number of hydrogen-bond acceptors (Lipinski definition) is 2. The van der Waals surface area contributed by atoms with Crippen molar-refractivity contribution in [3.05, 3.63) is 76.5 Å². The largest absolute Gasteiger partial charge is 0.451 e. The zero-order chi connectivity index (χ0) is 21.0.